The standard InChI is InChI=1S/C22H33BrN2O4/c1-7-25(19-13-15(23)12-18(14(19)2)20(26)28-6)17-10-8-16(9-11-17)24-21(27)29-22(3,4)5/h12-13,16-17H,7-11H2,1-6H3,(H,24,27). The van der Waals surface area contributed by atoms with Crippen LogP contribution in [0.3, 0.4) is 0 Å². The summed E-state index contributed by atoms with van der Waals surface area (Å²) < 4.78 is 11.2. The third-order valence-electron chi connectivity index (χ3n) is 5.26. The Labute approximate surface area is 182 Å². The monoisotopic (exact) mass is 468 g/mol. The molecule has 0 aromatic heterocycles. The summed E-state index contributed by atoms with van der Waals surface area (Å²) in [4.78, 5) is 26.6. The summed E-state index contributed by atoms with van der Waals surface area (Å²) in [5.41, 5.74) is 2.06. The highest BCUT2D eigenvalue weighted by Gasteiger charge is 2.29. The highest BCUT2D eigenvalue weighted by atomic mass is 79.9. The average molecular weight is 469 g/mol. The van der Waals surface area contributed by atoms with Crippen molar-refractivity contribution in [1.82, 2.24) is 5.32 Å². The molecule has 0 aliphatic heterocycles. The molecule has 0 unspecified atom stereocenters. The number of halogens is 1. The first kappa shape index (κ1) is 23.5. The van der Waals surface area contributed by atoms with E-state index in [4.69, 9.17) is 9.47 Å². The van der Waals surface area contributed by atoms with Crippen LogP contribution in [0.2, 0.25) is 0 Å². The average Bonchev–Trinajstić information content (AvgIpc) is 2.63. The van der Waals surface area contributed by atoms with Crippen molar-refractivity contribution in [1.29, 1.82) is 0 Å². The van der Waals surface area contributed by atoms with Gasteiger partial charge in [-0.3, -0.25) is 0 Å². The molecular weight excluding hydrogens is 436 g/mol. The molecular formula is C22H33BrN2O4. The normalized spacial score (nSPS) is 19.4. The number of methoxy groups -OCH3 is 1. The Morgan fingerprint density at radius 2 is 1.83 bits per heavy atom. The van der Waals surface area contributed by atoms with E-state index in [1.165, 1.54) is 7.11 Å². The quantitative estimate of drug-likeness (QED) is 0.600. The molecule has 1 aromatic rings. The second-order valence-corrected chi connectivity index (χ2v) is 9.44. The van der Waals surface area contributed by atoms with Gasteiger partial charge in [0.2, 0.25) is 0 Å². The smallest absolute Gasteiger partial charge is 0.407 e. The Morgan fingerprint density at radius 1 is 1.21 bits per heavy atom. The van der Waals surface area contributed by atoms with Crippen LogP contribution in [0.1, 0.15) is 69.3 Å². The molecule has 162 valence electrons. The molecule has 1 aliphatic carbocycles. The van der Waals surface area contributed by atoms with Crippen LogP contribution in [-0.4, -0.2) is 43.4 Å². The molecule has 0 heterocycles. The van der Waals surface area contributed by atoms with Crippen molar-refractivity contribution in [2.45, 2.75) is 78.0 Å². The van der Waals surface area contributed by atoms with Gasteiger partial charge in [-0.05, 0) is 78.0 Å². The molecule has 1 N–H and O–H groups in total. The van der Waals surface area contributed by atoms with Crippen LogP contribution in [-0.2, 0) is 9.47 Å². The lowest BCUT2D eigenvalue weighted by molar-refractivity contribution is 0.0490. The summed E-state index contributed by atoms with van der Waals surface area (Å²) in [6, 6.07) is 4.36. The first-order valence-electron chi connectivity index (χ1n) is 10.2. The second kappa shape index (κ2) is 9.83. The van der Waals surface area contributed by atoms with Crippen molar-refractivity contribution in [3.8, 4) is 0 Å². The number of benzene rings is 1. The molecule has 0 atom stereocenters. The van der Waals surface area contributed by atoms with Crippen LogP contribution in [0.25, 0.3) is 0 Å². The molecule has 0 saturated heterocycles. The third kappa shape index (κ3) is 6.36. The SMILES string of the molecule is CCN(c1cc(Br)cc(C(=O)OC)c1C)C1CCC(NC(=O)OC(C)(C)C)CC1. The minimum absolute atomic E-state index is 0.133. The van der Waals surface area contributed by atoms with E-state index in [1.54, 1.807) is 6.07 Å². The fraction of sp³-hybridized carbons (Fsp3) is 0.636. The molecule has 1 aliphatic rings. The highest BCUT2D eigenvalue weighted by molar-refractivity contribution is 9.10. The zero-order chi connectivity index (χ0) is 21.8. The molecule has 0 radical (unpaired) electrons. The molecule has 1 aromatic carbocycles. The van der Waals surface area contributed by atoms with Crippen LogP contribution in [0, 0.1) is 6.92 Å². The molecule has 0 spiro atoms. The van der Waals surface area contributed by atoms with E-state index in [1.807, 2.05) is 27.7 Å². The number of alkyl carbamates (subject to hydrolysis) is 1. The first-order chi connectivity index (χ1) is 13.6. The molecule has 1 amide bonds. The Kier molecular flexibility index (Phi) is 7.97. The number of amides is 1. The number of hydrogen-bond acceptors (Lipinski definition) is 5. The van der Waals surface area contributed by atoms with Gasteiger partial charge in [-0.2, -0.15) is 0 Å². The fourth-order valence-electron chi connectivity index (χ4n) is 3.92. The summed E-state index contributed by atoms with van der Waals surface area (Å²) in [6.07, 6.45) is 3.38. The van der Waals surface area contributed by atoms with Gasteiger partial charge in [0.05, 0.1) is 12.7 Å². The maximum Gasteiger partial charge on any atom is 0.407 e. The maximum absolute atomic E-state index is 12.2. The van der Waals surface area contributed by atoms with Gasteiger partial charge in [0, 0.05) is 28.8 Å². The maximum atomic E-state index is 12.2. The van der Waals surface area contributed by atoms with Gasteiger partial charge in [0.15, 0.2) is 0 Å². The minimum atomic E-state index is -0.490. The van der Waals surface area contributed by atoms with Crippen molar-refractivity contribution in [2.24, 2.45) is 0 Å². The lowest BCUT2D eigenvalue weighted by Crippen LogP contribution is -2.45. The van der Waals surface area contributed by atoms with Crippen molar-refractivity contribution in [2.75, 3.05) is 18.6 Å². The predicted octanol–water partition coefficient (Wildman–Crippen LogP) is 5.21. The Balaban J connectivity index is 2.09. The molecule has 1 fully saturated rings. The zero-order valence-electron chi connectivity index (χ0n) is 18.3. The number of ether oxygens (including phenoxy) is 2. The van der Waals surface area contributed by atoms with Crippen molar-refractivity contribution >= 4 is 33.7 Å². The lowest BCUT2D eigenvalue weighted by Gasteiger charge is -2.39. The number of nitrogens with one attached hydrogen (secondary N) is 1. The van der Waals surface area contributed by atoms with Crippen LogP contribution in [0.5, 0.6) is 0 Å². The largest absolute Gasteiger partial charge is 0.465 e. The van der Waals surface area contributed by atoms with E-state index in [-0.39, 0.29) is 18.1 Å². The number of esters is 1. The predicted molar refractivity (Wildman–Crippen MR) is 119 cm³/mol. The number of carbonyl (C=O) groups is 2. The van der Waals surface area contributed by atoms with Gasteiger partial charge in [0.1, 0.15) is 5.60 Å². The molecule has 29 heavy (non-hydrogen) atoms. The fourth-order valence-corrected chi connectivity index (χ4v) is 4.36. The Bertz CT molecular complexity index is 737. The zero-order valence-corrected chi connectivity index (χ0v) is 19.9. The van der Waals surface area contributed by atoms with Gasteiger partial charge in [-0.25, -0.2) is 9.59 Å². The Morgan fingerprint density at radius 3 is 2.34 bits per heavy atom. The summed E-state index contributed by atoms with van der Waals surface area (Å²) >= 11 is 3.53. The summed E-state index contributed by atoms with van der Waals surface area (Å²) in [5.74, 6) is -0.327. The van der Waals surface area contributed by atoms with E-state index < -0.39 is 5.60 Å². The number of nitrogens with zero attached hydrogens (tertiary/aromatic N) is 1. The van der Waals surface area contributed by atoms with E-state index in [2.05, 4.69) is 39.1 Å². The van der Waals surface area contributed by atoms with Gasteiger partial charge in [0.25, 0.3) is 0 Å². The van der Waals surface area contributed by atoms with Gasteiger partial charge >= 0.3 is 12.1 Å². The van der Waals surface area contributed by atoms with Gasteiger partial charge < -0.3 is 19.7 Å². The third-order valence-corrected chi connectivity index (χ3v) is 5.72. The minimum Gasteiger partial charge on any atom is -0.465 e. The van der Waals surface area contributed by atoms with E-state index >= 15 is 0 Å². The van der Waals surface area contributed by atoms with Crippen LogP contribution >= 0.6 is 15.9 Å². The number of carbonyl (C=O) groups excluding carboxylic acids is 2. The van der Waals surface area contributed by atoms with Gasteiger partial charge in [-0.1, -0.05) is 15.9 Å². The molecule has 2 rings (SSSR count). The number of hydrogen-bond donors (Lipinski definition) is 1. The first-order valence-corrected chi connectivity index (χ1v) is 11.0. The Hall–Kier alpha value is -1.76. The molecule has 1 saturated carbocycles. The summed E-state index contributed by atoms with van der Waals surface area (Å²) in [6.45, 7) is 10.5. The van der Waals surface area contributed by atoms with E-state index in [9.17, 15) is 9.59 Å². The van der Waals surface area contributed by atoms with Crippen molar-refractivity contribution < 1.29 is 19.1 Å². The van der Waals surface area contributed by atoms with Crippen molar-refractivity contribution in [3.63, 3.8) is 0 Å². The van der Waals surface area contributed by atoms with E-state index in [0.29, 0.717) is 11.6 Å². The summed E-state index contributed by atoms with van der Waals surface area (Å²) in [5, 5.41) is 3.00. The lowest BCUT2D eigenvalue weighted by atomic mass is 9.89. The highest BCUT2D eigenvalue weighted by Crippen LogP contribution is 2.33. The number of rotatable bonds is 5. The molecule has 6 nitrogen and oxygen atoms in total. The summed E-state index contributed by atoms with van der Waals surface area (Å²) in [7, 11) is 1.40. The van der Waals surface area contributed by atoms with Crippen LogP contribution < -0.4 is 10.2 Å². The van der Waals surface area contributed by atoms with Crippen LogP contribution in [0.4, 0.5) is 10.5 Å². The topological polar surface area (TPSA) is 67.9 Å². The van der Waals surface area contributed by atoms with Gasteiger partial charge in [-0.15, -0.1) is 0 Å². The van der Waals surface area contributed by atoms with Crippen LogP contribution in [0.15, 0.2) is 16.6 Å². The molecule has 0 bridgehead atoms. The van der Waals surface area contributed by atoms with E-state index in [0.717, 1.165) is 48.0 Å². The molecule has 7 heteroatoms. The second-order valence-electron chi connectivity index (χ2n) is 8.53. The van der Waals surface area contributed by atoms with Crippen molar-refractivity contribution in [3.05, 3.63) is 27.7 Å². The number of anilines is 1.